The summed E-state index contributed by atoms with van der Waals surface area (Å²) in [6.45, 7) is 6.52. The van der Waals surface area contributed by atoms with Crippen LogP contribution in [0.2, 0.25) is 0 Å². The van der Waals surface area contributed by atoms with Gasteiger partial charge in [0.15, 0.2) is 0 Å². The fourth-order valence-corrected chi connectivity index (χ4v) is 3.69. The molecule has 0 aliphatic carbocycles. The van der Waals surface area contributed by atoms with Gasteiger partial charge in [0.05, 0.1) is 6.61 Å². The van der Waals surface area contributed by atoms with Gasteiger partial charge < -0.3 is 9.64 Å². The van der Waals surface area contributed by atoms with E-state index in [2.05, 4.69) is 45.2 Å². The third kappa shape index (κ3) is 7.30. The molecule has 4 nitrogen and oxygen atoms in total. The van der Waals surface area contributed by atoms with E-state index >= 15 is 0 Å². The second kappa shape index (κ2) is 11.0. The molecule has 1 fully saturated rings. The first-order valence-corrected chi connectivity index (χ1v) is 10.5. The van der Waals surface area contributed by atoms with E-state index in [1.807, 2.05) is 13.0 Å². The van der Waals surface area contributed by atoms with Gasteiger partial charge >= 0.3 is 0 Å². The third-order valence-electron chi connectivity index (χ3n) is 5.20. The van der Waals surface area contributed by atoms with E-state index in [0.717, 1.165) is 43.3 Å². The molecule has 1 aliphatic rings. The van der Waals surface area contributed by atoms with Gasteiger partial charge in [0.2, 0.25) is 5.88 Å². The van der Waals surface area contributed by atoms with Crippen LogP contribution in [0, 0.1) is 6.92 Å². The SMILES string of the molecule is Cc1nc(CCc2ccccc2)cc(OCCCCCN2CCCCC2)n1. The van der Waals surface area contributed by atoms with E-state index in [1.165, 1.54) is 57.3 Å². The van der Waals surface area contributed by atoms with Gasteiger partial charge in [-0.25, -0.2) is 4.98 Å². The molecule has 2 heterocycles. The predicted octanol–water partition coefficient (Wildman–Crippen LogP) is 4.61. The van der Waals surface area contributed by atoms with Gasteiger partial charge in [-0.05, 0) is 77.1 Å². The van der Waals surface area contributed by atoms with E-state index in [1.54, 1.807) is 0 Å². The van der Waals surface area contributed by atoms with Crippen molar-refractivity contribution in [1.29, 1.82) is 0 Å². The summed E-state index contributed by atoms with van der Waals surface area (Å²) >= 11 is 0. The molecule has 0 saturated carbocycles. The van der Waals surface area contributed by atoms with Crippen LogP contribution in [0.5, 0.6) is 5.88 Å². The Morgan fingerprint density at radius 2 is 1.74 bits per heavy atom. The molecule has 27 heavy (non-hydrogen) atoms. The van der Waals surface area contributed by atoms with Gasteiger partial charge in [-0.2, -0.15) is 4.98 Å². The number of ether oxygens (including phenoxy) is 1. The van der Waals surface area contributed by atoms with Gasteiger partial charge in [-0.15, -0.1) is 0 Å². The molecule has 0 atom stereocenters. The summed E-state index contributed by atoms with van der Waals surface area (Å²) in [5, 5.41) is 0. The number of nitrogens with zero attached hydrogens (tertiary/aromatic N) is 3. The molecule has 0 N–H and O–H groups in total. The van der Waals surface area contributed by atoms with Crippen LogP contribution in [-0.4, -0.2) is 41.1 Å². The predicted molar refractivity (Wildman–Crippen MR) is 110 cm³/mol. The number of aryl methyl sites for hydroxylation is 3. The van der Waals surface area contributed by atoms with E-state index in [9.17, 15) is 0 Å². The number of aromatic nitrogens is 2. The first-order chi connectivity index (χ1) is 13.3. The molecule has 4 heteroatoms. The van der Waals surface area contributed by atoms with Crippen molar-refractivity contribution in [3.63, 3.8) is 0 Å². The Labute approximate surface area is 164 Å². The van der Waals surface area contributed by atoms with Crippen LogP contribution in [0.3, 0.4) is 0 Å². The Bertz CT molecular complexity index is 669. The summed E-state index contributed by atoms with van der Waals surface area (Å²) in [5.41, 5.74) is 2.40. The van der Waals surface area contributed by atoms with Crippen LogP contribution >= 0.6 is 0 Å². The number of likely N-dealkylation sites (tertiary alicyclic amines) is 1. The molecule has 0 amide bonds. The first-order valence-electron chi connectivity index (χ1n) is 10.5. The van der Waals surface area contributed by atoms with Gasteiger partial charge in [-0.3, -0.25) is 0 Å². The lowest BCUT2D eigenvalue weighted by Crippen LogP contribution is -2.30. The fraction of sp³-hybridized carbons (Fsp3) is 0.565. The monoisotopic (exact) mass is 367 g/mol. The summed E-state index contributed by atoms with van der Waals surface area (Å²) in [7, 11) is 0. The second-order valence-corrected chi connectivity index (χ2v) is 7.54. The highest BCUT2D eigenvalue weighted by molar-refractivity contribution is 5.20. The van der Waals surface area contributed by atoms with E-state index in [0.29, 0.717) is 0 Å². The Morgan fingerprint density at radius 3 is 2.56 bits per heavy atom. The fourth-order valence-electron chi connectivity index (χ4n) is 3.69. The maximum absolute atomic E-state index is 5.91. The van der Waals surface area contributed by atoms with E-state index in [4.69, 9.17) is 4.74 Å². The lowest BCUT2D eigenvalue weighted by molar-refractivity contribution is 0.220. The van der Waals surface area contributed by atoms with Crippen molar-refractivity contribution in [3.05, 3.63) is 53.5 Å². The topological polar surface area (TPSA) is 38.2 Å². The molecule has 1 aliphatic heterocycles. The molecule has 1 saturated heterocycles. The van der Waals surface area contributed by atoms with Gasteiger partial charge in [0.25, 0.3) is 0 Å². The average Bonchev–Trinajstić information content (AvgIpc) is 2.70. The summed E-state index contributed by atoms with van der Waals surface area (Å²) in [6, 6.07) is 12.5. The lowest BCUT2D eigenvalue weighted by atomic mass is 10.1. The minimum absolute atomic E-state index is 0.724. The maximum Gasteiger partial charge on any atom is 0.216 e. The van der Waals surface area contributed by atoms with Crippen molar-refractivity contribution < 1.29 is 4.74 Å². The summed E-state index contributed by atoms with van der Waals surface area (Å²) < 4.78 is 5.91. The zero-order chi connectivity index (χ0) is 18.7. The summed E-state index contributed by atoms with van der Waals surface area (Å²) in [6.07, 6.45) is 9.67. The van der Waals surface area contributed by atoms with Crippen molar-refractivity contribution in [3.8, 4) is 5.88 Å². The lowest BCUT2D eigenvalue weighted by Gasteiger charge is -2.26. The molecule has 1 aromatic heterocycles. The molecule has 146 valence electrons. The van der Waals surface area contributed by atoms with Gasteiger partial charge in [0, 0.05) is 11.8 Å². The Hall–Kier alpha value is -1.94. The van der Waals surface area contributed by atoms with Crippen LogP contribution in [-0.2, 0) is 12.8 Å². The van der Waals surface area contributed by atoms with Crippen LogP contribution < -0.4 is 4.74 Å². The van der Waals surface area contributed by atoms with Crippen molar-refractivity contribution in [2.45, 2.75) is 58.3 Å². The number of hydrogen-bond acceptors (Lipinski definition) is 4. The minimum Gasteiger partial charge on any atom is -0.478 e. The molecule has 1 aromatic carbocycles. The van der Waals surface area contributed by atoms with Crippen molar-refractivity contribution in [1.82, 2.24) is 14.9 Å². The van der Waals surface area contributed by atoms with Crippen molar-refractivity contribution in [2.75, 3.05) is 26.2 Å². The minimum atomic E-state index is 0.724. The summed E-state index contributed by atoms with van der Waals surface area (Å²) in [4.78, 5) is 11.6. The zero-order valence-electron chi connectivity index (χ0n) is 16.7. The zero-order valence-corrected chi connectivity index (χ0v) is 16.7. The van der Waals surface area contributed by atoms with Crippen LogP contribution in [0.15, 0.2) is 36.4 Å². The van der Waals surface area contributed by atoms with Crippen LogP contribution in [0.25, 0.3) is 0 Å². The van der Waals surface area contributed by atoms with Crippen LogP contribution in [0.4, 0.5) is 0 Å². The highest BCUT2D eigenvalue weighted by atomic mass is 16.5. The third-order valence-corrected chi connectivity index (χ3v) is 5.20. The van der Waals surface area contributed by atoms with E-state index in [-0.39, 0.29) is 0 Å². The van der Waals surface area contributed by atoms with Crippen molar-refractivity contribution in [2.24, 2.45) is 0 Å². The number of unbranched alkanes of at least 4 members (excludes halogenated alkanes) is 2. The summed E-state index contributed by atoms with van der Waals surface area (Å²) in [5.74, 6) is 1.52. The number of piperidine rings is 1. The number of hydrogen-bond donors (Lipinski definition) is 0. The quantitative estimate of drug-likeness (QED) is 0.575. The van der Waals surface area contributed by atoms with Gasteiger partial charge in [-0.1, -0.05) is 36.8 Å². The largest absolute Gasteiger partial charge is 0.478 e. The molecular formula is C23H33N3O. The average molecular weight is 368 g/mol. The normalized spacial score (nSPS) is 15.0. The molecule has 0 bridgehead atoms. The molecular weight excluding hydrogens is 334 g/mol. The maximum atomic E-state index is 5.91. The molecule has 2 aromatic rings. The van der Waals surface area contributed by atoms with Crippen LogP contribution in [0.1, 0.15) is 55.6 Å². The highest BCUT2D eigenvalue weighted by Gasteiger charge is 2.09. The number of rotatable bonds is 10. The Balaban J connectivity index is 1.36. The van der Waals surface area contributed by atoms with E-state index < -0.39 is 0 Å². The first kappa shape index (κ1) is 19.8. The molecule has 3 rings (SSSR count). The standard InChI is InChI=1S/C23H33N3O/c1-20-24-22(14-13-21-11-5-2-6-12-21)19-23(25-20)27-18-10-4-9-17-26-15-7-3-8-16-26/h2,5-6,11-12,19H,3-4,7-10,13-18H2,1H3. The van der Waals surface area contributed by atoms with Crippen molar-refractivity contribution >= 4 is 0 Å². The number of benzene rings is 1. The Morgan fingerprint density at radius 1 is 0.926 bits per heavy atom. The van der Waals surface area contributed by atoms with Gasteiger partial charge in [0.1, 0.15) is 5.82 Å². The molecule has 0 spiro atoms. The second-order valence-electron chi connectivity index (χ2n) is 7.54. The molecule has 0 radical (unpaired) electrons. The Kier molecular flexibility index (Phi) is 8.09. The molecule has 0 unspecified atom stereocenters. The smallest absolute Gasteiger partial charge is 0.216 e. The highest BCUT2D eigenvalue weighted by Crippen LogP contribution is 2.14.